The molecular formula is C11H12N2. The van der Waals surface area contributed by atoms with Gasteiger partial charge in [-0.15, -0.1) is 0 Å². The van der Waals surface area contributed by atoms with Gasteiger partial charge in [-0.1, -0.05) is 0 Å². The van der Waals surface area contributed by atoms with Crippen LogP contribution < -0.4 is 5.73 Å². The van der Waals surface area contributed by atoms with Crippen molar-refractivity contribution >= 4 is 16.5 Å². The molecule has 2 heteroatoms. The fourth-order valence-corrected chi connectivity index (χ4v) is 1.61. The van der Waals surface area contributed by atoms with Gasteiger partial charge >= 0.3 is 0 Å². The van der Waals surface area contributed by atoms with Crippen molar-refractivity contribution < 1.29 is 0 Å². The Balaban J connectivity index is 2.97. The third kappa shape index (κ3) is 1.15. The maximum atomic E-state index is 5.87. The number of rotatable bonds is 0. The number of aromatic nitrogens is 1. The van der Waals surface area contributed by atoms with Gasteiger partial charge in [0.1, 0.15) is 0 Å². The maximum absolute atomic E-state index is 5.87. The lowest BCUT2D eigenvalue weighted by Gasteiger charge is -2.07. The number of nitrogens with zero attached hydrogens (tertiary/aromatic N) is 1. The number of nitrogens with two attached hydrogens (primary N) is 1. The molecule has 1 aromatic carbocycles. The summed E-state index contributed by atoms with van der Waals surface area (Å²) < 4.78 is 0. The summed E-state index contributed by atoms with van der Waals surface area (Å²) in [5, 5.41) is 2.39. The van der Waals surface area contributed by atoms with Gasteiger partial charge < -0.3 is 5.73 Å². The van der Waals surface area contributed by atoms with E-state index in [0.29, 0.717) is 0 Å². The van der Waals surface area contributed by atoms with Gasteiger partial charge in [-0.2, -0.15) is 0 Å². The quantitative estimate of drug-likeness (QED) is 0.620. The van der Waals surface area contributed by atoms with Crippen molar-refractivity contribution in [2.24, 2.45) is 0 Å². The van der Waals surface area contributed by atoms with E-state index < -0.39 is 0 Å². The van der Waals surface area contributed by atoms with E-state index in [4.69, 9.17) is 5.73 Å². The summed E-state index contributed by atoms with van der Waals surface area (Å²) in [4.78, 5) is 4.10. The average molecular weight is 172 g/mol. The molecule has 0 amide bonds. The SMILES string of the molecule is Cc1cc(N)c(C)c2ccncc12. The Labute approximate surface area is 77.4 Å². The largest absolute Gasteiger partial charge is 0.398 e. The molecule has 0 unspecified atom stereocenters. The van der Waals surface area contributed by atoms with Crippen molar-refractivity contribution in [1.29, 1.82) is 0 Å². The van der Waals surface area contributed by atoms with Crippen LogP contribution in [0.15, 0.2) is 24.5 Å². The summed E-state index contributed by atoms with van der Waals surface area (Å²) >= 11 is 0. The molecule has 0 spiro atoms. The molecule has 2 aromatic rings. The van der Waals surface area contributed by atoms with Gasteiger partial charge in [-0.05, 0) is 42.5 Å². The molecule has 1 aromatic heterocycles. The van der Waals surface area contributed by atoms with Crippen LogP contribution in [-0.2, 0) is 0 Å². The standard InChI is InChI=1S/C11H12N2/c1-7-5-11(12)8(2)9-3-4-13-6-10(7)9/h3-6H,12H2,1-2H3. The molecule has 2 N–H and O–H groups in total. The predicted molar refractivity (Wildman–Crippen MR) is 55.6 cm³/mol. The minimum Gasteiger partial charge on any atom is -0.398 e. The van der Waals surface area contributed by atoms with Gasteiger partial charge in [0.15, 0.2) is 0 Å². The molecule has 66 valence electrons. The Morgan fingerprint density at radius 3 is 2.77 bits per heavy atom. The summed E-state index contributed by atoms with van der Waals surface area (Å²) in [7, 11) is 0. The topological polar surface area (TPSA) is 38.9 Å². The lowest BCUT2D eigenvalue weighted by atomic mass is 10.0. The molecule has 0 aliphatic rings. The third-order valence-corrected chi connectivity index (χ3v) is 2.45. The highest BCUT2D eigenvalue weighted by molar-refractivity contribution is 5.91. The molecule has 0 atom stereocenters. The first-order chi connectivity index (χ1) is 6.20. The number of hydrogen-bond donors (Lipinski definition) is 1. The lowest BCUT2D eigenvalue weighted by molar-refractivity contribution is 1.34. The summed E-state index contributed by atoms with van der Waals surface area (Å²) in [6.07, 6.45) is 3.69. The normalized spacial score (nSPS) is 10.6. The molecule has 13 heavy (non-hydrogen) atoms. The average Bonchev–Trinajstić information content (AvgIpc) is 2.15. The van der Waals surface area contributed by atoms with Crippen LogP contribution in [-0.4, -0.2) is 4.98 Å². The molecule has 2 nitrogen and oxygen atoms in total. The molecule has 0 fully saturated rings. The lowest BCUT2D eigenvalue weighted by Crippen LogP contribution is -1.92. The maximum Gasteiger partial charge on any atom is 0.0352 e. The molecular weight excluding hydrogens is 160 g/mol. The van der Waals surface area contributed by atoms with Crippen molar-refractivity contribution in [3.05, 3.63) is 35.7 Å². The Kier molecular flexibility index (Phi) is 1.69. The van der Waals surface area contributed by atoms with Gasteiger partial charge in [0.05, 0.1) is 0 Å². The number of hydrogen-bond acceptors (Lipinski definition) is 2. The molecule has 0 aliphatic heterocycles. The Morgan fingerprint density at radius 2 is 2.00 bits per heavy atom. The van der Waals surface area contributed by atoms with E-state index in [0.717, 1.165) is 11.3 Å². The van der Waals surface area contributed by atoms with E-state index in [1.807, 2.05) is 25.3 Å². The van der Waals surface area contributed by atoms with Crippen molar-refractivity contribution in [1.82, 2.24) is 4.98 Å². The molecule has 0 radical (unpaired) electrons. The van der Waals surface area contributed by atoms with E-state index in [1.54, 1.807) is 6.20 Å². The van der Waals surface area contributed by atoms with Crippen LogP contribution in [0.3, 0.4) is 0 Å². The molecule has 0 bridgehead atoms. The van der Waals surface area contributed by atoms with Crippen LogP contribution in [0.25, 0.3) is 10.8 Å². The summed E-state index contributed by atoms with van der Waals surface area (Å²) in [5.41, 5.74) is 9.05. The van der Waals surface area contributed by atoms with Crippen LogP contribution in [0.5, 0.6) is 0 Å². The minimum absolute atomic E-state index is 0.858. The highest BCUT2D eigenvalue weighted by Gasteiger charge is 2.03. The number of aryl methyl sites for hydroxylation is 2. The predicted octanol–water partition coefficient (Wildman–Crippen LogP) is 2.43. The first-order valence-corrected chi connectivity index (χ1v) is 4.29. The second-order valence-corrected chi connectivity index (χ2v) is 3.33. The zero-order valence-electron chi connectivity index (χ0n) is 7.83. The Hall–Kier alpha value is -1.57. The van der Waals surface area contributed by atoms with Crippen molar-refractivity contribution in [2.75, 3.05) is 5.73 Å². The van der Waals surface area contributed by atoms with Crippen LogP contribution >= 0.6 is 0 Å². The van der Waals surface area contributed by atoms with Crippen LogP contribution in [0.1, 0.15) is 11.1 Å². The number of fused-ring (bicyclic) bond motifs is 1. The minimum atomic E-state index is 0.858. The van der Waals surface area contributed by atoms with E-state index in [1.165, 1.54) is 16.3 Å². The molecule has 2 rings (SSSR count). The number of anilines is 1. The Morgan fingerprint density at radius 1 is 1.23 bits per heavy atom. The van der Waals surface area contributed by atoms with Crippen LogP contribution in [0, 0.1) is 13.8 Å². The Bertz CT molecular complexity index is 461. The fourth-order valence-electron chi connectivity index (χ4n) is 1.61. The van der Waals surface area contributed by atoms with E-state index in [2.05, 4.69) is 11.9 Å². The van der Waals surface area contributed by atoms with Crippen molar-refractivity contribution in [2.45, 2.75) is 13.8 Å². The van der Waals surface area contributed by atoms with Gasteiger partial charge in [0.2, 0.25) is 0 Å². The van der Waals surface area contributed by atoms with Crippen molar-refractivity contribution in [3.63, 3.8) is 0 Å². The number of pyridine rings is 1. The first-order valence-electron chi connectivity index (χ1n) is 4.29. The zero-order valence-corrected chi connectivity index (χ0v) is 7.83. The second-order valence-electron chi connectivity index (χ2n) is 3.33. The van der Waals surface area contributed by atoms with Gasteiger partial charge in [0.25, 0.3) is 0 Å². The van der Waals surface area contributed by atoms with Gasteiger partial charge in [-0.3, -0.25) is 4.98 Å². The van der Waals surface area contributed by atoms with Gasteiger partial charge in [0, 0.05) is 23.5 Å². The molecule has 0 saturated carbocycles. The first kappa shape index (κ1) is 8.05. The van der Waals surface area contributed by atoms with Crippen molar-refractivity contribution in [3.8, 4) is 0 Å². The number of nitrogen functional groups attached to an aromatic ring is 1. The highest BCUT2D eigenvalue weighted by Crippen LogP contribution is 2.25. The van der Waals surface area contributed by atoms with E-state index in [-0.39, 0.29) is 0 Å². The zero-order chi connectivity index (χ0) is 9.42. The van der Waals surface area contributed by atoms with Gasteiger partial charge in [-0.25, -0.2) is 0 Å². The smallest absolute Gasteiger partial charge is 0.0352 e. The third-order valence-electron chi connectivity index (χ3n) is 2.45. The van der Waals surface area contributed by atoms with Crippen LogP contribution in [0.2, 0.25) is 0 Å². The summed E-state index contributed by atoms with van der Waals surface area (Å²) in [6.45, 7) is 4.09. The van der Waals surface area contributed by atoms with E-state index >= 15 is 0 Å². The molecule has 0 aliphatic carbocycles. The fraction of sp³-hybridized carbons (Fsp3) is 0.182. The number of benzene rings is 1. The molecule has 0 saturated heterocycles. The highest BCUT2D eigenvalue weighted by atomic mass is 14.6. The summed E-state index contributed by atoms with van der Waals surface area (Å²) in [5.74, 6) is 0. The molecule has 1 heterocycles. The monoisotopic (exact) mass is 172 g/mol. The summed E-state index contributed by atoms with van der Waals surface area (Å²) in [6, 6.07) is 4.01. The van der Waals surface area contributed by atoms with Crippen LogP contribution in [0.4, 0.5) is 5.69 Å². The second kappa shape index (κ2) is 2.73. The van der Waals surface area contributed by atoms with E-state index in [9.17, 15) is 0 Å².